The zero-order valence-corrected chi connectivity index (χ0v) is 24.1. The molecule has 3 aliphatic carbocycles. The molecule has 0 spiro atoms. The molecule has 2 amide bonds. The van der Waals surface area contributed by atoms with Crippen molar-refractivity contribution in [3.05, 3.63) is 65.5 Å². The topological polar surface area (TPSA) is 89.5 Å². The lowest BCUT2D eigenvalue weighted by Crippen LogP contribution is -2.65. The lowest BCUT2D eigenvalue weighted by molar-refractivity contribution is -0.199. The van der Waals surface area contributed by atoms with Gasteiger partial charge in [-0.15, -0.1) is 0 Å². The third-order valence-corrected chi connectivity index (χ3v) is 9.43. The van der Waals surface area contributed by atoms with Gasteiger partial charge in [0.2, 0.25) is 5.91 Å². The maximum absolute atomic E-state index is 13.6. The van der Waals surface area contributed by atoms with E-state index in [2.05, 4.69) is 50.2 Å². The van der Waals surface area contributed by atoms with Crippen molar-refractivity contribution in [1.29, 1.82) is 0 Å². The van der Waals surface area contributed by atoms with Gasteiger partial charge in [0.25, 0.3) is 5.91 Å². The van der Waals surface area contributed by atoms with Crippen molar-refractivity contribution >= 4 is 18.9 Å². The predicted octanol–water partition coefficient (Wildman–Crippen LogP) is 5.05. The Balaban J connectivity index is 1.31. The van der Waals surface area contributed by atoms with Gasteiger partial charge in [0.05, 0.1) is 35.7 Å². The van der Waals surface area contributed by atoms with Gasteiger partial charge in [-0.3, -0.25) is 14.6 Å². The number of pyridine rings is 1. The first kappa shape index (κ1) is 27.8. The van der Waals surface area contributed by atoms with Crippen molar-refractivity contribution in [3.63, 3.8) is 0 Å². The van der Waals surface area contributed by atoms with Gasteiger partial charge < -0.3 is 19.9 Å². The van der Waals surface area contributed by atoms with Gasteiger partial charge in [-0.25, -0.2) is 0 Å². The van der Waals surface area contributed by atoms with E-state index in [4.69, 9.17) is 9.31 Å². The molecule has 4 fully saturated rings. The normalized spacial score (nSPS) is 28.3. The maximum Gasteiger partial charge on any atom is 0.481 e. The maximum atomic E-state index is 13.6. The molecule has 1 unspecified atom stereocenters. The minimum Gasteiger partial charge on any atom is -0.404 e. The molecule has 39 heavy (non-hydrogen) atoms. The number of rotatable bonds is 9. The van der Waals surface area contributed by atoms with E-state index in [1.165, 1.54) is 12.6 Å². The number of nitrogens with one attached hydrogen (secondary N) is 2. The molecule has 2 bridgehead atoms. The van der Waals surface area contributed by atoms with Gasteiger partial charge in [-0.2, -0.15) is 0 Å². The second-order valence-corrected chi connectivity index (χ2v) is 13.0. The summed E-state index contributed by atoms with van der Waals surface area (Å²) in [5.74, 6) is 0.799. The number of carbonyl (C=O) groups is 2. The van der Waals surface area contributed by atoms with E-state index in [1.807, 2.05) is 31.2 Å². The number of nitrogens with zero attached hydrogens (tertiary/aromatic N) is 1. The van der Waals surface area contributed by atoms with E-state index in [0.29, 0.717) is 23.3 Å². The summed E-state index contributed by atoms with van der Waals surface area (Å²) in [5, 5.41) is 6.30. The molecule has 8 heteroatoms. The third-order valence-electron chi connectivity index (χ3n) is 9.43. The van der Waals surface area contributed by atoms with E-state index < -0.39 is 13.2 Å². The van der Waals surface area contributed by atoms with Crippen LogP contribution in [0.1, 0.15) is 87.8 Å². The average molecular weight is 532 g/mol. The van der Waals surface area contributed by atoms with Crippen LogP contribution >= 0.6 is 0 Å². The second kappa shape index (κ2) is 10.7. The van der Waals surface area contributed by atoms with E-state index in [9.17, 15) is 9.59 Å². The molecule has 0 radical (unpaired) electrons. The number of carbonyl (C=O) groups excluding carboxylic acids is 2. The smallest absolute Gasteiger partial charge is 0.404 e. The third kappa shape index (κ3) is 5.51. The summed E-state index contributed by atoms with van der Waals surface area (Å²) < 4.78 is 13.3. The summed E-state index contributed by atoms with van der Waals surface area (Å²) >= 11 is 0. The second-order valence-electron chi connectivity index (χ2n) is 13.0. The minimum atomic E-state index is -0.490. The zero-order valence-electron chi connectivity index (χ0n) is 24.1. The van der Waals surface area contributed by atoms with Crippen molar-refractivity contribution in [2.75, 3.05) is 0 Å². The molecule has 3 saturated carbocycles. The highest BCUT2D eigenvalue weighted by molar-refractivity contribution is 6.47. The van der Waals surface area contributed by atoms with Gasteiger partial charge in [-0.1, -0.05) is 57.5 Å². The Morgan fingerprint density at radius 2 is 1.92 bits per heavy atom. The molecule has 1 aliphatic heterocycles. The van der Waals surface area contributed by atoms with Crippen LogP contribution < -0.4 is 10.6 Å². The van der Waals surface area contributed by atoms with Crippen molar-refractivity contribution < 1.29 is 18.9 Å². The van der Waals surface area contributed by atoms with Crippen LogP contribution in [0.2, 0.25) is 0 Å². The quantitative estimate of drug-likeness (QED) is 0.442. The van der Waals surface area contributed by atoms with Gasteiger partial charge in [-0.05, 0) is 74.0 Å². The van der Waals surface area contributed by atoms with Crippen molar-refractivity contribution in [3.8, 4) is 0 Å². The summed E-state index contributed by atoms with van der Waals surface area (Å²) in [6.45, 7) is 13.2. The van der Waals surface area contributed by atoms with Crippen LogP contribution in [0.25, 0.3) is 0 Å². The molecule has 208 valence electrons. The van der Waals surface area contributed by atoms with E-state index in [0.717, 1.165) is 24.0 Å². The number of aromatic nitrogens is 1. The SMILES string of the molecule is Cc1cccc(C(CC(=O)N[C@@H](CC(C)C)B2O[C@@H]3C[C@@H]4C[C@@H](C4(C)C)[C@]3(C)O2)NC(=O)c2cccnc2)c1. The number of hydrogen-bond acceptors (Lipinski definition) is 5. The molecule has 2 aromatic rings. The summed E-state index contributed by atoms with van der Waals surface area (Å²) in [6, 6.07) is 10.9. The summed E-state index contributed by atoms with van der Waals surface area (Å²) in [4.78, 5) is 30.6. The van der Waals surface area contributed by atoms with Crippen molar-refractivity contribution in [2.45, 2.75) is 90.9 Å². The molecule has 6 atom stereocenters. The van der Waals surface area contributed by atoms with Crippen LogP contribution in [-0.2, 0) is 14.1 Å². The molecule has 7 nitrogen and oxygen atoms in total. The summed E-state index contributed by atoms with van der Waals surface area (Å²) in [5.41, 5.74) is 2.34. The van der Waals surface area contributed by atoms with Gasteiger partial charge in [0.1, 0.15) is 0 Å². The zero-order chi connectivity index (χ0) is 27.9. The lowest BCUT2D eigenvalue weighted by atomic mass is 9.43. The Kier molecular flexibility index (Phi) is 7.64. The monoisotopic (exact) mass is 531 g/mol. The van der Waals surface area contributed by atoms with Crippen molar-refractivity contribution in [2.24, 2.45) is 23.2 Å². The molecule has 1 saturated heterocycles. The molecule has 1 aromatic heterocycles. The fourth-order valence-electron chi connectivity index (χ4n) is 7.15. The molecule has 4 aliphatic rings. The highest BCUT2D eigenvalue weighted by Gasteiger charge is 2.68. The van der Waals surface area contributed by atoms with Crippen LogP contribution in [0.4, 0.5) is 0 Å². The molecular weight excluding hydrogens is 489 g/mol. The Labute approximate surface area is 233 Å². The Hall–Kier alpha value is -2.71. The van der Waals surface area contributed by atoms with Crippen LogP contribution in [-0.4, -0.2) is 41.6 Å². The molecule has 6 rings (SSSR count). The molecule has 2 heterocycles. The summed E-state index contributed by atoms with van der Waals surface area (Å²) in [6.07, 6.45) is 6.27. The van der Waals surface area contributed by atoms with Gasteiger partial charge >= 0.3 is 7.12 Å². The Bertz CT molecular complexity index is 1210. The first-order valence-corrected chi connectivity index (χ1v) is 14.4. The molecule has 1 aromatic carbocycles. The first-order chi connectivity index (χ1) is 18.5. The number of benzene rings is 1. The average Bonchev–Trinajstić information content (AvgIpc) is 3.25. The van der Waals surface area contributed by atoms with Crippen molar-refractivity contribution in [1.82, 2.24) is 15.6 Å². The van der Waals surface area contributed by atoms with Gasteiger partial charge in [0.15, 0.2) is 0 Å². The van der Waals surface area contributed by atoms with Crippen LogP contribution in [0.15, 0.2) is 48.8 Å². The first-order valence-electron chi connectivity index (χ1n) is 14.4. The largest absolute Gasteiger partial charge is 0.481 e. The van der Waals surface area contributed by atoms with Gasteiger partial charge in [0, 0.05) is 12.4 Å². The molecule has 2 N–H and O–H groups in total. The standard InChI is InChI=1S/C31H42BN3O4/c1-19(2)13-27(32-38-26-16-23-15-25(30(23,4)5)31(26,6)39-32)35-28(36)17-24(21-10-7-9-20(3)14-21)34-29(37)22-11-8-12-33-18-22/h7-12,14,18-19,23-27H,13,15-17H2,1-6H3,(H,34,37)(H,35,36)/t23-,24?,25-,26+,27-,31-/m0/s1. The van der Waals surface area contributed by atoms with E-state index in [-0.39, 0.29) is 41.3 Å². The minimum absolute atomic E-state index is 0.0599. The van der Waals surface area contributed by atoms with Crippen LogP contribution in [0.3, 0.4) is 0 Å². The van der Waals surface area contributed by atoms with E-state index in [1.54, 1.807) is 18.3 Å². The summed E-state index contributed by atoms with van der Waals surface area (Å²) in [7, 11) is -0.482. The van der Waals surface area contributed by atoms with Crippen LogP contribution in [0, 0.1) is 30.1 Å². The fraction of sp³-hybridized carbons (Fsp3) is 0.581. The highest BCUT2D eigenvalue weighted by Crippen LogP contribution is 2.65. The Morgan fingerprint density at radius 1 is 1.13 bits per heavy atom. The fourth-order valence-corrected chi connectivity index (χ4v) is 7.15. The lowest BCUT2D eigenvalue weighted by Gasteiger charge is -2.64. The van der Waals surface area contributed by atoms with E-state index >= 15 is 0 Å². The molecular formula is C31H42BN3O4. The number of hydrogen-bond donors (Lipinski definition) is 2. The predicted molar refractivity (Wildman–Crippen MR) is 152 cm³/mol. The number of amides is 2. The number of aryl methyl sites for hydroxylation is 1. The van der Waals surface area contributed by atoms with Crippen LogP contribution in [0.5, 0.6) is 0 Å². The highest BCUT2D eigenvalue weighted by atomic mass is 16.7. The Morgan fingerprint density at radius 3 is 2.59 bits per heavy atom.